The third-order valence-electron chi connectivity index (χ3n) is 3.46. The molecule has 1 N–H and O–H groups in total. The van der Waals surface area contributed by atoms with Gasteiger partial charge in [-0.15, -0.1) is 0 Å². The molecule has 0 bridgehead atoms. The standard InChI is InChI=1S/C12H14F3N/c1-3-11(2)7-16-10-8(11)5-4-6-9(10)12(13,14)15/h4-6,16H,3,7H2,1-2H3. The Balaban J connectivity index is 2.57. The highest BCUT2D eigenvalue weighted by molar-refractivity contribution is 5.65. The van der Waals surface area contributed by atoms with Crippen LogP contribution in [0.5, 0.6) is 0 Å². The van der Waals surface area contributed by atoms with Gasteiger partial charge in [-0.25, -0.2) is 0 Å². The number of benzene rings is 1. The van der Waals surface area contributed by atoms with Crippen LogP contribution in [0.15, 0.2) is 18.2 Å². The number of anilines is 1. The van der Waals surface area contributed by atoms with Crippen LogP contribution in [0.1, 0.15) is 31.4 Å². The van der Waals surface area contributed by atoms with Gasteiger partial charge < -0.3 is 5.32 Å². The summed E-state index contributed by atoms with van der Waals surface area (Å²) in [6.07, 6.45) is -3.45. The molecule has 0 saturated heterocycles. The van der Waals surface area contributed by atoms with Gasteiger partial charge in [-0.2, -0.15) is 13.2 Å². The molecular weight excluding hydrogens is 215 g/mol. The fraction of sp³-hybridized carbons (Fsp3) is 0.500. The molecule has 0 radical (unpaired) electrons. The number of nitrogens with one attached hydrogen (secondary N) is 1. The van der Waals surface area contributed by atoms with E-state index in [0.717, 1.165) is 18.1 Å². The van der Waals surface area contributed by atoms with Crippen LogP contribution in [0.3, 0.4) is 0 Å². The summed E-state index contributed by atoms with van der Waals surface area (Å²) in [4.78, 5) is 0. The molecule has 1 nitrogen and oxygen atoms in total. The third kappa shape index (κ3) is 1.56. The fourth-order valence-electron chi connectivity index (χ4n) is 2.18. The molecule has 88 valence electrons. The predicted octanol–water partition coefficient (Wildman–Crippen LogP) is 3.80. The SMILES string of the molecule is CCC1(C)CNc2c(C(F)(F)F)cccc21. The lowest BCUT2D eigenvalue weighted by Crippen LogP contribution is -2.22. The molecule has 1 unspecified atom stereocenters. The number of para-hydroxylation sites is 1. The molecule has 1 aliphatic rings. The summed E-state index contributed by atoms with van der Waals surface area (Å²) >= 11 is 0. The Morgan fingerprint density at radius 2 is 2.06 bits per heavy atom. The van der Waals surface area contributed by atoms with Crippen molar-refractivity contribution in [3.8, 4) is 0 Å². The van der Waals surface area contributed by atoms with Gasteiger partial charge >= 0.3 is 6.18 Å². The first-order valence-electron chi connectivity index (χ1n) is 5.33. The molecule has 1 atom stereocenters. The summed E-state index contributed by atoms with van der Waals surface area (Å²) in [5, 5.41) is 2.90. The van der Waals surface area contributed by atoms with Crippen molar-refractivity contribution in [2.45, 2.75) is 31.9 Å². The summed E-state index contributed by atoms with van der Waals surface area (Å²) in [5.41, 5.74) is 0.308. The van der Waals surface area contributed by atoms with E-state index in [0.29, 0.717) is 6.54 Å². The zero-order valence-electron chi connectivity index (χ0n) is 9.28. The first-order valence-corrected chi connectivity index (χ1v) is 5.33. The van der Waals surface area contributed by atoms with E-state index in [1.807, 2.05) is 13.8 Å². The predicted molar refractivity (Wildman–Crippen MR) is 57.6 cm³/mol. The van der Waals surface area contributed by atoms with E-state index in [-0.39, 0.29) is 11.1 Å². The van der Waals surface area contributed by atoms with Crippen LogP contribution in [0.4, 0.5) is 18.9 Å². The Hall–Kier alpha value is -1.19. The summed E-state index contributed by atoms with van der Waals surface area (Å²) in [7, 11) is 0. The number of fused-ring (bicyclic) bond motifs is 1. The molecule has 16 heavy (non-hydrogen) atoms. The third-order valence-corrected chi connectivity index (χ3v) is 3.46. The van der Waals surface area contributed by atoms with Gasteiger partial charge in [-0.3, -0.25) is 0 Å². The number of alkyl halides is 3. The average Bonchev–Trinajstić information content (AvgIpc) is 2.56. The van der Waals surface area contributed by atoms with Gasteiger partial charge in [0.15, 0.2) is 0 Å². The molecule has 1 heterocycles. The van der Waals surface area contributed by atoms with Crippen molar-refractivity contribution >= 4 is 5.69 Å². The van der Waals surface area contributed by atoms with Crippen LogP contribution < -0.4 is 5.32 Å². The van der Waals surface area contributed by atoms with Crippen LogP contribution in [0.2, 0.25) is 0 Å². The lowest BCUT2D eigenvalue weighted by molar-refractivity contribution is -0.136. The lowest BCUT2D eigenvalue weighted by atomic mass is 9.81. The van der Waals surface area contributed by atoms with Crippen molar-refractivity contribution in [1.29, 1.82) is 0 Å². The maximum absolute atomic E-state index is 12.8. The molecule has 0 fully saturated rings. The molecule has 0 amide bonds. The van der Waals surface area contributed by atoms with E-state index < -0.39 is 11.7 Å². The Bertz CT molecular complexity index is 411. The Labute approximate surface area is 92.7 Å². The largest absolute Gasteiger partial charge is 0.418 e. The van der Waals surface area contributed by atoms with E-state index in [1.165, 1.54) is 6.07 Å². The van der Waals surface area contributed by atoms with Gasteiger partial charge in [0.1, 0.15) is 0 Å². The molecule has 1 aromatic rings. The van der Waals surface area contributed by atoms with E-state index in [2.05, 4.69) is 5.32 Å². The second-order valence-corrected chi connectivity index (χ2v) is 4.49. The van der Waals surface area contributed by atoms with Crippen molar-refractivity contribution in [3.63, 3.8) is 0 Å². The Morgan fingerprint density at radius 1 is 1.38 bits per heavy atom. The zero-order valence-corrected chi connectivity index (χ0v) is 9.28. The minimum absolute atomic E-state index is 0.184. The Morgan fingerprint density at radius 3 is 2.62 bits per heavy atom. The van der Waals surface area contributed by atoms with Gasteiger partial charge in [-0.05, 0) is 18.1 Å². The molecule has 0 spiro atoms. The minimum Gasteiger partial charge on any atom is -0.383 e. The number of hydrogen-bond donors (Lipinski definition) is 1. The molecule has 0 aliphatic carbocycles. The van der Waals surface area contributed by atoms with E-state index in [1.54, 1.807) is 6.07 Å². The Kier molecular flexibility index (Phi) is 2.40. The second kappa shape index (κ2) is 3.40. The van der Waals surface area contributed by atoms with Crippen LogP contribution >= 0.6 is 0 Å². The van der Waals surface area contributed by atoms with E-state index in [9.17, 15) is 13.2 Å². The van der Waals surface area contributed by atoms with Gasteiger partial charge in [0.25, 0.3) is 0 Å². The zero-order chi connectivity index (χ0) is 12.0. The molecular formula is C12H14F3N. The van der Waals surface area contributed by atoms with Crippen molar-refractivity contribution in [3.05, 3.63) is 29.3 Å². The van der Waals surface area contributed by atoms with Gasteiger partial charge in [0.05, 0.1) is 11.3 Å². The molecule has 2 rings (SSSR count). The number of hydrogen-bond acceptors (Lipinski definition) is 1. The highest BCUT2D eigenvalue weighted by atomic mass is 19.4. The smallest absolute Gasteiger partial charge is 0.383 e. The van der Waals surface area contributed by atoms with E-state index in [4.69, 9.17) is 0 Å². The van der Waals surface area contributed by atoms with Crippen LogP contribution in [0, 0.1) is 0 Å². The van der Waals surface area contributed by atoms with Crippen molar-refractivity contribution in [2.24, 2.45) is 0 Å². The fourth-order valence-corrected chi connectivity index (χ4v) is 2.18. The first-order chi connectivity index (χ1) is 7.38. The highest BCUT2D eigenvalue weighted by Crippen LogP contribution is 2.45. The molecule has 1 aromatic carbocycles. The van der Waals surface area contributed by atoms with Crippen molar-refractivity contribution in [2.75, 3.05) is 11.9 Å². The quantitative estimate of drug-likeness (QED) is 0.772. The second-order valence-electron chi connectivity index (χ2n) is 4.49. The topological polar surface area (TPSA) is 12.0 Å². The van der Waals surface area contributed by atoms with Crippen molar-refractivity contribution in [1.82, 2.24) is 0 Å². The average molecular weight is 229 g/mol. The monoisotopic (exact) mass is 229 g/mol. The lowest BCUT2D eigenvalue weighted by Gasteiger charge is -2.22. The van der Waals surface area contributed by atoms with Gasteiger partial charge in [0, 0.05) is 12.0 Å². The number of rotatable bonds is 1. The van der Waals surface area contributed by atoms with Crippen LogP contribution in [-0.4, -0.2) is 6.54 Å². The molecule has 1 aliphatic heterocycles. The molecule has 4 heteroatoms. The number of halogens is 3. The summed E-state index contributed by atoms with van der Waals surface area (Å²) in [5.74, 6) is 0. The normalized spacial score (nSPS) is 24.1. The maximum atomic E-state index is 12.8. The van der Waals surface area contributed by atoms with E-state index >= 15 is 0 Å². The van der Waals surface area contributed by atoms with Gasteiger partial charge in [0.2, 0.25) is 0 Å². The van der Waals surface area contributed by atoms with Crippen LogP contribution in [0.25, 0.3) is 0 Å². The summed E-state index contributed by atoms with van der Waals surface area (Å²) in [6, 6.07) is 4.41. The maximum Gasteiger partial charge on any atom is 0.418 e. The summed E-state index contributed by atoms with van der Waals surface area (Å²) < 4.78 is 38.3. The van der Waals surface area contributed by atoms with Crippen molar-refractivity contribution < 1.29 is 13.2 Å². The highest BCUT2D eigenvalue weighted by Gasteiger charge is 2.40. The first kappa shape index (κ1) is 11.3. The molecule has 0 aromatic heterocycles. The van der Waals surface area contributed by atoms with Gasteiger partial charge in [-0.1, -0.05) is 26.0 Å². The minimum atomic E-state index is -4.28. The molecule has 0 saturated carbocycles. The van der Waals surface area contributed by atoms with Crippen LogP contribution in [-0.2, 0) is 11.6 Å². The summed E-state index contributed by atoms with van der Waals surface area (Å²) in [6.45, 7) is 4.56.